The lowest BCUT2D eigenvalue weighted by molar-refractivity contribution is -0.141. The van der Waals surface area contributed by atoms with Crippen molar-refractivity contribution in [3.63, 3.8) is 0 Å². The van der Waals surface area contributed by atoms with Crippen molar-refractivity contribution in [2.45, 2.75) is 83.2 Å². The number of carbonyl (C=O) groups excluding carboxylic acids is 1. The average Bonchev–Trinajstić information content (AvgIpc) is 2.53. The smallest absolute Gasteiger partial charge is 0.220 e. The number of fused-ring (bicyclic) bond motifs is 1. The number of hydrogen-bond donors (Lipinski definition) is 0. The van der Waals surface area contributed by atoms with Crippen LogP contribution in [0.15, 0.2) is 24.3 Å². The first-order valence-electron chi connectivity index (χ1n) is 8.77. The zero-order valence-corrected chi connectivity index (χ0v) is 14.5. The van der Waals surface area contributed by atoms with E-state index in [1.54, 1.807) is 6.92 Å². The monoisotopic (exact) mass is 299 g/mol. The maximum atomic E-state index is 12.6. The number of carbonyl (C=O) groups is 1. The third-order valence-electron chi connectivity index (χ3n) is 5.93. The topological polar surface area (TPSA) is 20.3 Å². The second-order valence-corrected chi connectivity index (χ2v) is 8.00. The lowest BCUT2D eigenvalue weighted by Crippen LogP contribution is -2.54. The van der Waals surface area contributed by atoms with Gasteiger partial charge in [-0.15, -0.1) is 0 Å². The minimum atomic E-state index is 0.0476. The molecule has 0 bridgehead atoms. The summed E-state index contributed by atoms with van der Waals surface area (Å²) in [5.41, 5.74) is 2.93. The summed E-state index contributed by atoms with van der Waals surface area (Å²) in [4.78, 5) is 14.8. The number of benzene rings is 1. The van der Waals surface area contributed by atoms with Gasteiger partial charge < -0.3 is 4.90 Å². The number of nitrogens with zero attached hydrogens (tertiary/aromatic N) is 1. The zero-order valence-electron chi connectivity index (χ0n) is 14.5. The molecule has 3 rings (SSSR count). The molecule has 1 saturated carbocycles. The minimum Gasteiger partial charge on any atom is -0.330 e. The Morgan fingerprint density at radius 2 is 1.77 bits per heavy atom. The third-order valence-corrected chi connectivity index (χ3v) is 5.93. The molecule has 1 atom stereocenters. The molecule has 0 saturated heterocycles. The highest BCUT2D eigenvalue weighted by atomic mass is 16.2. The van der Waals surface area contributed by atoms with Crippen LogP contribution in [0.1, 0.15) is 83.4 Å². The lowest BCUT2D eigenvalue weighted by atomic mass is 9.68. The second kappa shape index (κ2) is 5.40. The molecular formula is C20H29NO. The van der Waals surface area contributed by atoms with Gasteiger partial charge in [-0.3, -0.25) is 4.79 Å². The number of amides is 1. The van der Waals surface area contributed by atoms with E-state index in [0.717, 1.165) is 19.3 Å². The quantitative estimate of drug-likeness (QED) is 0.661. The molecule has 1 aromatic rings. The van der Waals surface area contributed by atoms with Gasteiger partial charge in [-0.05, 0) is 42.7 Å². The molecule has 1 aromatic carbocycles. The summed E-state index contributed by atoms with van der Waals surface area (Å²) in [5, 5.41) is 0. The van der Waals surface area contributed by atoms with Crippen LogP contribution in [0.4, 0.5) is 0 Å². The Bertz CT molecular complexity index is 569. The Balaban J connectivity index is 2.17. The summed E-state index contributed by atoms with van der Waals surface area (Å²) < 4.78 is 0. The molecule has 22 heavy (non-hydrogen) atoms. The van der Waals surface area contributed by atoms with Gasteiger partial charge in [0.05, 0.1) is 6.04 Å². The molecule has 1 heterocycles. The summed E-state index contributed by atoms with van der Waals surface area (Å²) in [6.45, 7) is 8.70. The van der Waals surface area contributed by atoms with Gasteiger partial charge >= 0.3 is 0 Å². The zero-order chi connectivity index (χ0) is 16.0. The van der Waals surface area contributed by atoms with E-state index in [4.69, 9.17) is 0 Å². The van der Waals surface area contributed by atoms with Gasteiger partial charge in [0.25, 0.3) is 0 Å². The maximum Gasteiger partial charge on any atom is 0.220 e. The standard InChI is InChI=1S/C20H29NO/c1-15-17-10-6-7-11-18(17)19(3,4)14-20(21(15)16(2)22)12-8-5-9-13-20/h6-7,10-11,15H,5,8-9,12-14H2,1-4H3/t15-/m0/s1. The summed E-state index contributed by atoms with van der Waals surface area (Å²) in [6.07, 6.45) is 7.23. The molecule has 1 aliphatic carbocycles. The Kier molecular flexibility index (Phi) is 3.82. The molecule has 1 fully saturated rings. The minimum absolute atomic E-state index is 0.0476. The van der Waals surface area contributed by atoms with E-state index < -0.39 is 0 Å². The van der Waals surface area contributed by atoms with Crippen molar-refractivity contribution in [2.75, 3.05) is 0 Å². The van der Waals surface area contributed by atoms with Crippen molar-refractivity contribution in [3.8, 4) is 0 Å². The molecule has 0 unspecified atom stereocenters. The van der Waals surface area contributed by atoms with Crippen molar-refractivity contribution >= 4 is 5.91 Å². The molecule has 1 aliphatic heterocycles. The van der Waals surface area contributed by atoms with Crippen LogP contribution in [0.2, 0.25) is 0 Å². The van der Waals surface area contributed by atoms with Crippen LogP contribution < -0.4 is 0 Å². The van der Waals surface area contributed by atoms with Gasteiger partial charge in [-0.25, -0.2) is 0 Å². The van der Waals surface area contributed by atoms with E-state index in [0.29, 0.717) is 0 Å². The van der Waals surface area contributed by atoms with Crippen LogP contribution in [-0.4, -0.2) is 16.3 Å². The van der Waals surface area contributed by atoms with Gasteiger partial charge in [0.1, 0.15) is 0 Å². The van der Waals surface area contributed by atoms with E-state index in [1.807, 2.05) is 0 Å². The van der Waals surface area contributed by atoms with E-state index in [2.05, 4.69) is 49.9 Å². The SMILES string of the molecule is CC(=O)N1[C@@H](C)c2ccccc2C(C)(C)CC12CCCCC2. The Morgan fingerprint density at radius 1 is 1.14 bits per heavy atom. The van der Waals surface area contributed by atoms with E-state index in [-0.39, 0.29) is 22.9 Å². The molecule has 1 amide bonds. The highest BCUT2D eigenvalue weighted by molar-refractivity contribution is 5.75. The molecule has 2 aliphatic rings. The first-order valence-corrected chi connectivity index (χ1v) is 8.77. The Morgan fingerprint density at radius 3 is 2.41 bits per heavy atom. The van der Waals surface area contributed by atoms with Crippen LogP contribution in [-0.2, 0) is 10.2 Å². The van der Waals surface area contributed by atoms with Crippen molar-refractivity contribution < 1.29 is 4.79 Å². The summed E-state index contributed by atoms with van der Waals surface area (Å²) in [6, 6.07) is 8.92. The van der Waals surface area contributed by atoms with Crippen molar-refractivity contribution in [3.05, 3.63) is 35.4 Å². The average molecular weight is 299 g/mol. The molecule has 2 nitrogen and oxygen atoms in total. The van der Waals surface area contributed by atoms with Gasteiger partial charge in [-0.2, -0.15) is 0 Å². The normalized spacial score (nSPS) is 26.4. The van der Waals surface area contributed by atoms with Crippen LogP contribution in [0.25, 0.3) is 0 Å². The van der Waals surface area contributed by atoms with Crippen LogP contribution in [0.5, 0.6) is 0 Å². The number of hydrogen-bond acceptors (Lipinski definition) is 1. The summed E-state index contributed by atoms with van der Waals surface area (Å²) >= 11 is 0. The Hall–Kier alpha value is -1.31. The first kappa shape index (κ1) is 15.6. The third kappa shape index (κ3) is 2.37. The predicted octanol–water partition coefficient (Wildman–Crippen LogP) is 4.98. The summed E-state index contributed by atoms with van der Waals surface area (Å²) in [7, 11) is 0. The first-order chi connectivity index (χ1) is 10.4. The van der Waals surface area contributed by atoms with Gasteiger partial charge in [-0.1, -0.05) is 57.4 Å². The maximum absolute atomic E-state index is 12.6. The fourth-order valence-electron chi connectivity index (χ4n) is 5.26. The fraction of sp³-hybridized carbons (Fsp3) is 0.650. The van der Waals surface area contributed by atoms with E-state index in [1.165, 1.54) is 30.4 Å². The highest BCUT2D eigenvalue weighted by Gasteiger charge is 2.48. The molecular weight excluding hydrogens is 270 g/mol. The van der Waals surface area contributed by atoms with E-state index in [9.17, 15) is 4.79 Å². The van der Waals surface area contributed by atoms with E-state index >= 15 is 0 Å². The van der Waals surface area contributed by atoms with Crippen LogP contribution in [0, 0.1) is 0 Å². The summed E-state index contributed by atoms with van der Waals surface area (Å²) in [5.74, 6) is 0.238. The van der Waals surface area contributed by atoms with Crippen molar-refractivity contribution in [1.82, 2.24) is 4.90 Å². The molecule has 0 radical (unpaired) electrons. The largest absolute Gasteiger partial charge is 0.330 e. The molecule has 1 spiro atoms. The van der Waals surface area contributed by atoms with Gasteiger partial charge in [0, 0.05) is 12.5 Å². The molecule has 0 N–H and O–H groups in total. The van der Waals surface area contributed by atoms with Crippen molar-refractivity contribution in [2.24, 2.45) is 0 Å². The Labute approximate surface area is 134 Å². The molecule has 2 heteroatoms. The predicted molar refractivity (Wildman–Crippen MR) is 90.8 cm³/mol. The molecule has 120 valence electrons. The number of rotatable bonds is 0. The second-order valence-electron chi connectivity index (χ2n) is 8.00. The van der Waals surface area contributed by atoms with Gasteiger partial charge in [0.2, 0.25) is 5.91 Å². The lowest BCUT2D eigenvalue weighted by Gasteiger charge is -2.49. The van der Waals surface area contributed by atoms with Gasteiger partial charge in [0.15, 0.2) is 0 Å². The van der Waals surface area contributed by atoms with Crippen molar-refractivity contribution in [1.29, 1.82) is 0 Å². The molecule has 0 aromatic heterocycles. The van der Waals surface area contributed by atoms with Crippen LogP contribution in [0.3, 0.4) is 0 Å². The fourth-order valence-corrected chi connectivity index (χ4v) is 5.26. The highest BCUT2D eigenvalue weighted by Crippen LogP contribution is 2.50. The van der Waals surface area contributed by atoms with Crippen LogP contribution >= 0.6 is 0 Å².